The Kier molecular flexibility index (Phi) is 6.04. The van der Waals surface area contributed by atoms with E-state index in [-0.39, 0.29) is 11.9 Å². The topological polar surface area (TPSA) is 58.1 Å². The van der Waals surface area contributed by atoms with Crippen LogP contribution in [0.25, 0.3) is 0 Å². The largest absolute Gasteiger partial charge is 0.334 e. The number of aryl methyl sites for hydroxylation is 2. The molecular formula is C23H26N4O. The molecular weight excluding hydrogens is 348 g/mol. The van der Waals surface area contributed by atoms with E-state index in [1.54, 1.807) is 12.3 Å². The van der Waals surface area contributed by atoms with Gasteiger partial charge in [0.1, 0.15) is 5.69 Å². The number of hydrogen-bond acceptors (Lipinski definition) is 4. The summed E-state index contributed by atoms with van der Waals surface area (Å²) in [4.78, 5) is 23.7. The molecule has 1 N–H and O–H groups in total. The molecule has 3 rings (SSSR count). The van der Waals surface area contributed by atoms with E-state index < -0.39 is 0 Å². The highest BCUT2D eigenvalue weighted by atomic mass is 16.1. The SMILES string of the molecule is Cc1cc(C)cc(NC(=O)c2ccnc(N(Cc3ccccc3)C(C)C)n2)c1. The fourth-order valence-electron chi connectivity index (χ4n) is 3.12. The van der Waals surface area contributed by atoms with Gasteiger partial charge in [0.25, 0.3) is 5.91 Å². The van der Waals surface area contributed by atoms with Crippen molar-refractivity contribution in [3.05, 3.63) is 83.2 Å². The third-order valence-corrected chi connectivity index (χ3v) is 4.43. The summed E-state index contributed by atoms with van der Waals surface area (Å²) in [6.45, 7) is 8.88. The molecule has 0 fully saturated rings. The first kappa shape index (κ1) is 19.5. The van der Waals surface area contributed by atoms with Gasteiger partial charge in [-0.25, -0.2) is 9.97 Å². The summed E-state index contributed by atoms with van der Waals surface area (Å²) in [7, 11) is 0. The van der Waals surface area contributed by atoms with Crippen LogP contribution in [0.1, 0.15) is 41.0 Å². The van der Waals surface area contributed by atoms with Crippen LogP contribution in [0.2, 0.25) is 0 Å². The number of benzene rings is 2. The predicted molar refractivity (Wildman–Crippen MR) is 114 cm³/mol. The lowest BCUT2D eigenvalue weighted by molar-refractivity contribution is 0.102. The summed E-state index contributed by atoms with van der Waals surface area (Å²) in [6, 6.07) is 18.0. The number of anilines is 2. The van der Waals surface area contributed by atoms with Crippen LogP contribution >= 0.6 is 0 Å². The van der Waals surface area contributed by atoms with Gasteiger partial charge < -0.3 is 10.2 Å². The van der Waals surface area contributed by atoms with E-state index in [0.717, 1.165) is 16.8 Å². The molecule has 0 bridgehead atoms. The summed E-state index contributed by atoms with van der Waals surface area (Å²) < 4.78 is 0. The number of nitrogens with zero attached hydrogens (tertiary/aromatic N) is 3. The Morgan fingerprint density at radius 2 is 1.71 bits per heavy atom. The van der Waals surface area contributed by atoms with Crippen molar-refractivity contribution in [1.29, 1.82) is 0 Å². The molecule has 5 nitrogen and oxygen atoms in total. The van der Waals surface area contributed by atoms with Gasteiger partial charge in [-0.05, 0) is 62.6 Å². The normalized spacial score (nSPS) is 10.8. The Hall–Kier alpha value is -3.21. The summed E-state index contributed by atoms with van der Waals surface area (Å²) in [5.41, 5.74) is 4.50. The van der Waals surface area contributed by atoms with Crippen molar-refractivity contribution in [3.63, 3.8) is 0 Å². The zero-order chi connectivity index (χ0) is 20.1. The molecule has 1 aromatic heterocycles. The lowest BCUT2D eigenvalue weighted by Gasteiger charge is -2.27. The van der Waals surface area contributed by atoms with Crippen molar-refractivity contribution >= 4 is 17.5 Å². The molecule has 1 amide bonds. The Morgan fingerprint density at radius 3 is 2.36 bits per heavy atom. The lowest BCUT2D eigenvalue weighted by atomic mass is 10.1. The Labute approximate surface area is 166 Å². The molecule has 3 aromatic rings. The Bertz CT molecular complexity index is 934. The van der Waals surface area contributed by atoms with Crippen LogP contribution in [-0.4, -0.2) is 21.9 Å². The van der Waals surface area contributed by atoms with E-state index in [2.05, 4.69) is 52.2 Å². The van der Waals surface area contributed by atoms with Gasteiger partial charge in [-0.1, -0.05) is 36.4 Å². The van der Waals surface area contributed by atoms with Crippen molar-refractivity contribution in [2.75, 3.05) is 10.2 Å². The quantitative estimate of drug-likeness (QED) is 0.676. The summed E-state index contributed by atoms with van der Waals surface area (Å²) in [5, 5.41) is 2.94. The van der Waals surface area contributed by atoms with Crippen LogP contribution in [0, 0.1) is 13.8 Å². The van der Waals surface area contributed by atoms with Gasteiger partial charge in [0.15, 0.2) is 0 Å². The molecule has 0 radical (unpaired) electrons. The van der Waals surface area contributed by atoms with Crippen molar-refractivity contribution < 1.29 is 4.79 Å². The molecule has 0 aliphatic rings. The minimum absolute atomic E-state index is 0.193. The van der Waals surface area contributed by atoms with Crippen LogP contribution in [0.15, 0.2) is 60.8 Å². The van der Waals surface area contributed by atoms with Crippen LogP contribution < -0.4 is 10.2 Å². The zero-order valence-corrected chi connectivity index (χ0v) is 16.8. The van der Waals surface area contributed by atoms with Gasteiger partial charge in [0.05, 0.1) is 0 Å². The number of rotatable bonds is 6. The highest BCUT2D eigenvalue weighted by Gasteiger charge is 2.17. The van der Waals surface area contributed by atoms with E-state index in [1.165, 1.54) is 5.56 Å². The van der Waals surface area contributed by atoms with E-state index in [1.807, 2.05) is 44.2 Å². The Balaban J connectivity index is 1.82. The summed E-state index contributed by atoms with van der Waals surface area (Å²) >= 11 is 0. The lowest BCUT2D eigenvalue weighted by Crippen LogP contribution is -2.32. The molecule has 1 heterocycles. The molecule has 2 aromatic carbocycles. The smallest absolute Gasteiger partial charge is 0.274 e. The second kappa shape index (κ2) is 8.65. The first-order valence-electron chi connectivity index (χ1n) is 9.45. The third-order valence-electron chi connectivity index (χ3n) is 4.43. The van der Waals surface area contributed by atoms with Gasteiger partial charge in [-0.15, -0.1) is 0 Å². The van der Waals surface area contributed by atoms with Gasteiger partial charge in [-0.2, -0.15) is 0 Å². The second-order valence-corrected chi connectivity index (χ2v) is 7.28. The van der Waals surface area contributed by atoms with Crippen LogP contribution in [0.4, 0.5) is 11.6 Å². The molecule has 28 heavy (non-hydrogen) atoms. The van der Waals surface area contributed by atoms with Crippen molar-refractivity contribution in [1.82, 2.24) is 9.97 Å². The van der Waals surface area contributed by atoms with E-state index in [9.17, 15) is 4.79 Å². The zero-order valence-electron chi connectivity index (χ0n) is 16.8. The fraction of sp³-hybridized carbons (Fsp3) is 0.261. The summed E-state index contributed by atoms with van der Waals surface area (Å²) in [5.74, 6) is 0.309. The average molecular weight is 374 g/mol. The monoisotopic (exact) mass is 374 g/mol. The minimum Gasteiger partial charge on any atom is -0.334 e. The fourth-order valence-corrected chi connectivity index (χ4v) is 3.12. The maximum atomic E-state index is 12.7. The van der Waals surface area contributed by atoms with Gasteiger partial charge >= 0.3 is 0 Å². The van der Waals surface area contributed by atoms with Crippen LogP contribution in [0.3, 0.4) is 0 Å². The van der Waals surface area contributed by atoms with Gasteiger partial charge in [-0.3, -0.25) is 4.79 Å². The number of hydrogen-bond donors (Lipinski definition) is 1. The van der Waals surface area contributed by atoms with Gasteiger partial charge in [0, 0.05) is 24.5 Å². The van der Waals surface area contributed by atoms with Crippen LogP contribution in [-0.2, 0) is 6.54 Å². The van der Waals surface area contributed by atoms with E-state index >= 15 is 0 Å². The summed E-state index contributed by atoms with van der Waals surface area (Å²) in [6.07, 6.45) is 1.64. The number of nitrogens with one attached hydrogen (secondary N) is 1. The maximum Gasteiger partial charge on any atom is 0.274 e. The Morgan fingerprint density at radius 1 is 1.04 bits per heavy atom. The third kappa shape index (κ3) is 4.94. The first-order valence-corrected chi connectivity index (χ1v) is 9.45. The first-order chi connectivity index (χ1) is 13.4. The van der Waals surface area contributed by atoms with Crippen molar-refractivity contribution in [3.8, 4) is 0 Å². The maximum absolute atomic E-state index is 12.7. The number of carbonyl (C=O) groups excluding carboxylic acids is 1. The highest BCUT2D eigenvalue weighted by molar-refractivity contribution is 6.03. The van der Waals surface area contributed by atoms with Gasteiger partial charge in [0.2, 0.25) is 5.95 Å². The van der Waals surface area contributed by atoms with E-state index in [0.29, 0.717) is 18.2 Å². The molecule has 0 saturated heterocycles. The van der Waals surface area contributed by atoms with Crippen molar-refractivity contribution in [2.24, 2.45) is 0 Å². The predicted octanol–water partition coefficient (Wildman–Crippen LogP) is 4.76. The molecule has 5 heteroatoms. The molecule has 0 aliphatic carbocycles. The molecule has 0 saturated carbocycles. The number of carbonyl (C=O) groups is 1. The molecule has 0 spiro atoms. The second-order valence-electron chi connectivity index (χ2n) is 7.28. The standard InChI is InChI=1S/C23H26N4O/c1-16(2)27(15-19-8-6-5-7-9-19)23-24-11-10-21(26-23)22(28)25-20-13-17(3)12-18(4)14-20/h5-14,16H,15H2,1-4H3,(H,25,28). The van der Waals surface area contributed by atoms with Crippen LogP contribution in [0.5, 0.6) is 0 Å². The number of amides is 1. The molecule has 0 aliphatic heterocycles. The number of aromatic nitrogens is 2. The average Bonchev–Trinajstić information content (AvgIpc) is 2.66. The van der Waals surface area contributed by atoms with Crippen molar-refractivity contribution in [2.45, 2.75) is 40.3 Å². The molecule has 0 unspecified atom stereocenters. The minimum atomic E-state index is -0.239. The molecule has 0 atom stereocenters. The molecule has 144 valence electrons. The highest BCUT2D eigenvalue weighted by Crippen LogP contribution is 2.18. The van der Waals surface area contributed by atoms with E-state index in [4.69, 9.17) is 0 Å².